The van der Waals surface area contributed by atoms with Crippen molar-refractivity contribution in [3.05, 3.63) is 71.8 Å². The molecule has 0 aromatic heterocycles. The Morgan fingerprint density at radius 2 is 1.73 bits per heavy atom. The first kappa shape index (κ1) is 15.2. The average Bonchev–Trinajstić information content (AvgIpc) is 2.56. The van der Waals surface area contributed by atoms with Gasteiger partial charge in [-0.2, -0.15) is 0 Å². The highest BCUT2D eigenvalue weighted by Gasteiger charge is 2.29. The number of aliphatic hydroxyl groups is 1. The topological polar surface area (TPSA) is 32.7 Å². The highest BCUT2D eigenvalue weighted by molar-refractivity contribution is 5.21. The summed E-state index contributed by atoms with van der Waals surface area (Å²) in [4.78, 5) is 2.33. The first-order valence-electron chi connectivity index (χ1n) is 7.87. The summed E-state index contributed by atoms with van der Waals surface area (Å²) in [6.07, 6.45) is -0.277. The van der Waals surface area contributed by atoms with Crippen molar-refractivity contribution in [2.75, 3.05) is 19.7 Å². The molecule has 1 fully saturated rings. The van der Waals surface area contributed by atoms with Crippen LogP contribution in [0.3, 0.4) is 0 Å². The van der Waals surface area contributed by atoms with Crippen LogP contribution in [-0.4, -0.2) is 35.8 Å². The van der Waals surface area contributed by atoms with Gasteiger partial charge in [-0.1, -0.05) is 60.7 Å². The second kappa shape index (κ2) is 7.05. The Bertz CT molecular complexity index is 573. The molecular weight excluding hydrogens is 274 g/mol. The lowest BCUT2D eigenvalue weighted by Crippen LogP contribution is -2.45. The van der Waals surface area contributed by atoms with Crippen LogP contribution in [0.25, 0.3) is 0 Å². The minimum absolute atomic E-state index is 0.197. The van der Waals surface area contributed by atoms with E-state index in [0.29, 0.717) is 13.2 Å². The molecule has 1 aliphatic heterocycles. The fraction of sp³-hybridized carbons (Fsp3) is 0.368. The first-order chi connectivity index (χ1) is 10.7. The number of hydrogen-bond donors (Lipinski definition) is 1. The lowest BCUT2D eigenvalue weighted by atomic mass is 10.0. The predicted molar refractivity (Wildman–Crippen MR) is 87.6 cm³/mol. The molecule has 2 aromatic carbocycles. The van der Waals surface area contributed by atoms with Crippen molar-refractivity contribution < 1.29 is 9.84 Å². The van der Waals surface area contributed by atoms with E-state index in [4.69, 9.17) is 4.74 Å². The summed E-state index contributed by atoms with van der Waals surface area (Å²) < 4.78 is 5.84. The number of hydrogen-bond acceptors (Lipinski definition) is 3. The Hall–Kier alpha value is -1.68. The number of nitrogens with zero attached hydrogens (tertiary/aromatic N) is 1. The maximum atomic E-state index is 10.5. The van der Waals surface area contributed by atoms with E-state index in [-0.39, 0.29) is 12.1 Å². The van der Waals surface area contributed by atoms with Gasteiger partial charge in [-0.15, -0.1) is 0 Å². The van der Waals surface area contributed by atoms with Crippen LogP contribution in [0.4, 0.5) is 0 Å². The van der Waals surface area contributed by atoms with Crippen molar-refractivity contribution >= 4 is 0 Å². The number of β-amino-alcohol motifs (C(OH)–C–C–N with tert-alkyl or cyclic N) is 1. The molecule has 0 radical (unpaired) electrons. The Morgan fingerprint density at radius 3 is 2.41 bits per heavy atom. The van der Waals surface area contributed by atoms with Crippen molar-refractivity contribution in [3.8, 4) is 0 Å². The maximum absolute atomic E-state index is 10.5. The van der Waals surface area contributed by atoms with Crippen LogP contribution in [-0.2, 0) is 4.74 Å². The van der Waals surface area contributed by atoms with Crippen molar-refractivity contribution in [2.24, 2.45) is 0 Å². The number of aliphatic hydroxyl groups excluding tert-OH is 1. The van der Waals surface area contributed by atoms with Gasteiger partial charge in [0.15, 0.2) is 0 Å². The quantitative estimate of drug-likeness (QED) is 0.941. The van der Waals surface area contributed by atoms with Crippen molar-refractivity contribution in [1.29, 1.82) is 0 Å². The van der Waals surface area contributed by atoms with E-state index in [2.05, 4.69) is 36.1 Å². The molecule has 3 unspecified atom stereocenters. The van der Waals surface area contributed by atoms with Crippen LogP contribution in [0, 0.1) is 0 Å². The number of morpholine rings is 1. The van der Waals surface area contributed by atoms with Gasteiger partial charge in [0.2, 0.25) is 0 Å². The Balaban J connectivity index is 1.76. The molecule has 0 amide bonds. The second-order valence-corrected chi connectivity index (χ2v) is 5.95. The summed E-state index contributed by atoms with van der Waals surface area (Å²) in [7, 11) is 0. The number of ether oxygens (including phenoxy) is 1. The molecule has 116 valence electrons. The first-order valence-corrected chi connectivity index (χ1v) is 7.87. The van der Waals surface area contributed by atoms with Crippen LogP contribution >= 0.6 is 0 Å². The van der Waals surface area contributed by atoms with E-state index < -0.39 is 6.10 Å². The molecule has 1 heterocycles. The number of rotatable bonds is 4. The monoisotopic (exact) mass is 297 g/mol. The van der Waals surface area contributed by atoms with Gasteiger partial charge in [-0.05, 0) is 18.1 Å². The van der Waals surface area contributed by atoms with E-state index in [1.54, 1.807) is 0 Å². The lowest BCUT2D eigenvalue weighted by Gasteiger charge is -2.40. The molecule has 0 spiro atoms. The van der Waals surface area contributed by atoms with Crippen molar-refractivity contribution in [2.45, 2.75) is 25.2 Å². The fourth-order valence-electron chi connectivity index (χ4n) is 3.06. The Morgan fingerprint density at radius 1 is 1.09 bits per heavy atom. The van der Waals surface area contributed by atoms with Gasteiger partial charge < -0.3 is 9.84 Å². The van der Waals surface area contributed by atoms with Gasteiger partial charge in [-0.3, -0.25) is 4.90 Å². The third kappa shape index (κ3) is 3.55. The van der Waals surface area contributed by atoms with Gasteiger partial charge in [0.05, 0.1) is 24.9 Å². The van der Waals surface area contributed by atoms with Gasteiger partial charge in [-0.25, -0.2) is 0 Å². The van der Waals surface area contributed by atoms with Gasteiger partial charge in [0.25, 0.3) is 0 Å². The summed E-state index contributed by atoms with van der Waals surface area (Å²) in [5.74, 6) is 0. The smallest absolute Gasteiger partial charge is 0.0917 e. The molecule has 0 saturated carbocycles. The van der Waals surface area contributed by atoms with E-state index in [9.17, 15) is 5.11 Å². The molecule has 3 atom stereocenters. The highest BCUT2D eigenvalue weighted by atomic mass is 16.5. The molecule has 3 heteroatoms. The molecular formula is C19H23NO2. The summed E-state index contributed by atoms with van der Waals surface area (Å²) in [6, 6.07) is 20.5. The zero-order chi connectivity index (χ0) is 15.4. The van der Waals surface area contributed by atoms with E-state index in [1.807, 2.05) is 36.4 Å². The molecule has 3 rings (SSSR count). The summed E-state index contributed by atoms with van der Waals surface area (Å²) in [6.45, 7) is 4.22. The van der Waals surface area contributed by atoms with Crippen LogP contribution in [0.2, 0.25) is 0 Å². The SMILES string of the molecule is CC1CN(CC(O)c2ccccc2)C(c2ccccc2)CO1. The lowest BCUT2D eigenvalue weighted by molar-refractivity contribution is -0.0688. The predicted octanol–water partition coefficient (Wildman–Crippen LogP) is 3.18. The fourth-order valence-corrected chi connectivity index (χ4v) is 3.06. The molecule has 1 aliphatic rings. The summed E-state index contributed by atoms with van der Waals surface area (Å²) in [5, 5.41) is 10.5. The van der Waals surface area contributed by atoms with Crippen LogP contribution in [0.15, 0.2) is 60.7 Å². The van der Waals surface area contributed by atoms with E-state index >= 15 is 0 Å². The minimum atomic E-state index is -0.474. The third-order valence-corrected chi connectivity index (χ3v) is 4.25. The zero-order valence-corrected chi connectivity index (χ0v) is 12.9. The van der Waals surface area contributed by atoms with Gasteiger partial charge in [0.1, 0.15) is 0 Å². The summed E-state index contributed by atoms with van der Waals surface area (Å²) >= 11 is 0. The maximum Gasteiger partial charge on any atom is 0.0917 e. The highest BCUT2D eigenvalue weighted by Crippen LogP contribution is 2.28. The van der Waals surface area contributed by atoms with Crippen molar-refractivity contribution in [3.63, 3.8) is 0 Å². The van der Waals surface area contributed by atoms with E-state index in [1.165, 1.54) is 5.56 Å². The largest absolute Gasteiger partial charge is 0.387 e. The van der Waals surface area contributed by atoms with Crippen molar-refractivity contribution in [1.82, 2.24) is 4.90 Å². The molecule has 22 heavy (non-hydrogen) atoms. The summed E-state index contributed by atoms with van der Waals surface area (Å²) in [5.41, 5.74) is 2.21. The van der Waals surface area contributed by atoms with Crippen LogP contribution < -0.4 is 0 Å². The zero-order valence-electron chi connectivity index (χ0n) is 12.9. The molecule has 0 aliphatic carbocycles. The molecule has 2 aromatic rings. The van der Waals surface area contributed by atoms with Gasteiger partial charge in [0, 0.05) is 13.1 Å². The number of benzene rings is 2. The minimum Gasteiger partial charge on any atom is -0.387 e. The Kier molecular flexibility index (Phi) is 4.88. The average molecular weight is 297 g/mol. The third-order valence-electron chi connectivity index (χ3n) is 4.25. The van der Waals surface area contributed by atoms with Crippen LogP contribution in [0.1, 0.15) is 30.2 Å². The standard InChI is InChI=1S/C19H23NO2/c1-15-12-20(13-19(21)17-10-6-3-7-11-17)18(14-22-15)16-8-4-2-5-9-16/h2-11,15,18-19,21H,12-14H2,1H3. The molecule has 3 nitrogen and oxygen atoms in total. The normalized spacial score (nSPS) is 24.1. The van der Waals surface area contributed by atoms with Gasteiger partial charge >= 0.3 is 0 Å². The molecule has 1 N–H and O–H groups in total. The molecule has 1 saturated heterocycles. The Labute approximate surface area is 132 Å². The van der Waals surface area contributed by atoms with E-state index in [0.717, 1.165) is 12.1 Å². The molecule has 0 bridgehead atoms. The van der Waals surface area contributed by atoms with Crippen LogP contribution in [0.5, 0.6) is 0 Å². The second-order valence-electron chi connectivity index (χ2n) is 5.95.